The Kier molecular flexibility index (Phi) is 4.31. The van der Waals surface area contributed by atoms with E-state index in [4.69, 9.17) is 4.98 Å². The summed E-state index contributed by atoms with van der Waals surface area (Å²) in [7, 11) is 0. The van der Waals surface area contributed by atoms with Gasteiger partial charge in [0.25, 0.3) is 5.91 Å². The summed E-state index contributed by atoms with van der Waals surface area (Å²) in [6, 6.07) is 0. The minimum absolute atomic E-state index is 0.0170. The van der Waals surface area contributed by atoms with Crippen molar-refractivity contribution in [2.75, 3.05) is 44.2 Å². The Labute approximate surface area is 155 Å². The van der Waals surface area contributed by atoms with Crippen molar-refractivity contribution in [2.45, 2.75) is 50.9 Å². The van der Waals surface area contributed by atoms with Crippen molar-refractivity contribution < 1.29 is 4.79 Å². The first kappa shape index (κ1) is 16.5. The fourth-order valence-electron chi connectivity index (χ4n) is 4.78. The number of amides is 1. The van der Waals surface area contributed by atoms with Crippen LogP contribution in [-0.4, -0.2) is 60.0 Å². The van der Waals surface area contributed by atoms with Gasteiger partial charge in [0.1, 0.15) is 17.3 Å². The minimum Gasteiger partial charge on any atom is -0.354 e. The predicted octanol–water partition coefficient (Wildman–Crippen LogP) is 1.95. The third kappa shape index (κ3) is 3.20. The average molecular weight is 355 g/mol. The summed E-state index contributed by atoms with van der Waals surface area (Å²) in [4.78, 5) is 27.0. The number of anilines is 1. The summed E-state index contributed by atoms with van der Waals surface area (Å²) in [6.45, 7) is 6.22. The highest BCUT2D eigenvalue weighted by molar-refractivity contribution is 5.96. The van der Waals surface area contributed by atoms with Gasteiger partial charge in [0.2, 0.25) is 0 Å². The zero-order valence-corrected chi connectivity index (χ0v) is 15.5. The molecular formula is C20H29N5O. The summed E-state index contributed by atoms with van der Waals surface area (Å²) in [5.74, 6) is 3.31. The molecule has 5 rings (SSSR count). The first-order chi connectivity index (χ1) is 12.8. The summed E-state index contributed by atoms with van der Waals surface area (Å²) < 4.78 is 0. The van der Waals surface area contributed by atoms with Crippen molar-refractivity contribution in [1.82, 2.24) is 20.2 Å². The number of nitrogens with one attached hydrogen (secondary N) is 1. The smallest absolute Gasteiger partial charge is 0.270 e. The second kappa shape index (κ2) is 6.80. The van der Waals surface area contributed by atoms with Crippen molar-refractivity contribution in [3.05, 3.63) is 17.1 Å². The predicted molar refractivity (Wildman–Crippen MR) is 101 cm³/mol. The van der Waals surface area contributed by atoms with Crippen LogP contribution < -0.4 is 10.2 Å². The van der Waals surface area contributed by atoms with Gasteiger partial charge in [0, 0.05) is 50.7 Å². The summed E-state index contributed by atoms with van der Waals surface area (Å²) >= 11 is 0. The number of nitrogens with zero attached hydrogens (tertiary/aromatic N) is 4. The first-order valence-corrected chi connectivity index (χ1v) is 10.4. The Morgan fingerprint density at radius 3 is 2.50 bits per heavy atom. The summed E-state index contributed by atoms with van der Waals surface area (Å²) in [6.07, 6.45) is 8.85. The lowest BCUT2D eigenvalue weighted by molar-refractivity contribution is 0.0940. The van der Waals surface area contributed by atoms with Gasteiger partial charge in [0.05, 0.1) is 0 Å². The molecule has 1 aromatic rings. The Hall–Kier alpha value is -1.69. The molecule has 2 saturated carbocycles. The van der Waals surface area contributed by atoms with Crippen LogP contribution in [-0.2, 0) is 6.42 Å². The number of aromatic nitrogens is 2. The van der Waals surface area contributed by atoms with Gasteiger partial charge in [-0.1, -0.05) is 12.8 Å². The Balaban J connectivity index is 1.34. The van der Waals surface area contributed by atoms with Gasteiger partial charge in [-0.3, -0.25) is 9.69 Å². The van der Waals surface area contributed by atoms with Crippen molar-refractivity contribution in [3.63, 3.8) is 0 Å². The SMILES string of the molecule is O=C1NCCc2c1nc(C1CC1)nc2N1CCN(CC2CCCC2)CC1. The van der Waals surface area contributed by atoms with Gasteiger partial charge >= 0.3 is 0 Å². The van der Waals surface area contributed by atoms with E-state index in [2.05, 4.69) is 20.1 Å². The Morgan fingerprint density at radius 1 is 1.00 bits per heavy atom. The Bertz CT molecular complexity index is 688. The second-order valence-corrected chi connectivity index (χ2v) is 8.45. The quantitative estimate of drug-likeness (QED) is 0.894. The van der Waals surface area contributed by atoms with Crippen LogP contribution in [0.5, 0.6) is 0 Å². The lowest BCUT2D eigenvalue weighted by Gasteiger charge is -2.38. The van der Waals surface area contributed by atoms with Crippen LogP contribution in [0.3, 0.4) is 0 Å². The van der Waals surface area contributed by atoms with Gasteiger partial charge in [-0.05, 0) is 38.0 Å². The van der Waals surface area contributed by atoms with Crippen LogP contribution in [0.2, 0.25) is 0 Å². The molecule has 1 N–H and O–H groups in total. The molecule has 140 valence electrons. The van der Waals surface area contributed by atoms with Gasteiger partial charge in [-0.25, -0.2) is 9.97 Å². The number of carbonyl (C=O) groups is 1. The molecule has 0 radical (unpaired) electrons. The van der Waals surface area contributed by atoms with Crippen molar-refractivity contribution in [2.24, 2.45) is 5.92 Å². The number of piperazine rings is 1. The molecule has 1 amide bonds. The molecule has 2 aliphatic heterocycles. The van der Waals surface area contributed by atoms with Crippen molar-refractivity contribution in [3.8, 4) is 0 Å². The maximum absolute atomic E-state index is 12.3. The highest BCUT2D eigenvalue weighted by Crippen LogP contribution is 2.40. The minimum atomic E-state index is -0.0170. The molecule has 2 aliphatic carbocycles. The number of hydrogen-bond acceptors (Lipinski definition) is 5. The van der Waals surface area contributed by atoms with Crippen LogP contribution >= 0.6 is 0 Å². The largest absolute Gasteiger partial charge is 0.354 e. The van der Waals surface area contributed by atoms with E-state index in [0.29, 0.717) is 18.2 Å². The maximum atomic E-state index is 12.3. The van der Waals surface area contributed by atoms with E-state index in [1.807, 2.05) is 0 Å². The van der Waals surface area contributed by atoms with E-state index < -0.39 is 0 Å². The van der Waals surface area contributed by atoms with Gasteiger partial charge in [-0.2, -0.15) is 0 Å². The van der Waals surface area contributed by atoms with E-state index in [1.165, 1.54) is 32.2 Å². The molecule has 3 heterocycles. The van der Waals surface area contributed by atoms with Gasteiger partial charge in [-0.15, -0.1) is 0 Å². The van der Waals surface area contributed by atoms with Crippen LogP contribution in [0, 0.1) is 5.92 Å². The number of rotatable bonds is 4. The molecule has 0 bridgehead atoms. The number of hydrogen-bond donors (Lipinski definition) is 1. The normalized spacial score (nSPS) is 24.6. The van der Waals surface area contributed by atoms with E-state index in [1.54, 1.807) is 0 Å². The number of carbonyl (C=O) groups excluding carboxylic acids is 1. The van der Waals surface area contributed by atoms with Crippen molar-refractivity contribution >= 4 is 11.7 Å². The van der Waals surface area contributed by atoms with Gasteiger partial charge in [0.15, 0.2) is 0 Å². The molecule has 6 heteroatoms. The number of fused-ring (bicyclic) bond motifs is 1. The first-order valence-electron chi connectivity index (χ1n) is 10.4. The molecule has 6 nitrogen and oxygen atoms in total. The monoisotopic (exact) mass is 355 g/mol. The van der Waals surface area contributed by atoms with Crippen molar-refractivity contribution in [1.29, 1.82) is 0 Å². The molecule has 0 spiro atoms. The summed E-state index contributed by atoms with van der Waals surface area (Å²) in [5.41, 5.74) is 1.71. The fraction of sp³-hybridized carbons (Fsp3) is 0.750. The van der Waals surface area contributed by atoms with Crippen LogP contribution in [0.15, 0.2) is 0 Å². The van der Waals surface area contributed by atoms with Crippen LogP contribution in [0.1, 0.15) is 66.3 Å². The average Bonchev–Trinajstić information content (AvgIpc) is 3.40. The topological polar surface area (TPSA) is 61.4 Å². The molecule has 4 aliphatic rings. The lowest BCUT2D eigenvalue weighted by atomic mass is 10.0. The van der Waals surface area contributed by atoms with E-state index in [0.717, 1.165) is 68.6 Å². The van der Waals surface area contributed by atoms with Crippen LogP contribution in [0.4, 0.5) is 5.82 Å². The molecule has 0 atom stereocenters. The second-order valence-electron chi connectivity index (χ2n) is 8.45. The standard InChI is InChI=1S/C20H29N5O/c26-20-17-16(7-8-21-20)19(23-18(22-17)15-5-6-15)25-11-9-24(10-12-25)13-14-3-1-2-4-14/h14-15H,1-13H2,(H,21,26). The highest BCUT2D eigenvalue weighted by Gasteiger charge is 2.33. The summed E-state index contributed by atoms with van der Waals surface area (Å²) in [5, 5.41) is 2.95. The van der Waals surface area contributed by atoms with Crippen LogP contribution in [0.25, 0.3) is 0 Å². The Morgan fingerprint density at radius 2 is 1.77 bits per heavy atom. The maximum Gasteiger partial charge on any atom is 0.270 e. The molecule has 0 aromatic carbocycles. The van der Waals surface area contributed by atoms with Gasteiger partial charge < -0.3 is 10.2 Å². The highest BCUT2D eigenvalue weighted by atomic mass is 16.1. The molecular weight excluding hydrogens is 326 g/mol. The van der Waals surface area contributed by atoms with E-state index in [-0.39, 0.29) is 5.91 Å². The molecule has 3 fully saturated rings. The lowest BCUT2D eigenvalue weighted by Crippen LogP contribution is -2.48. The van der Waals surface area contributed by atoms with E-state index >= 15 is 0 Å². The third-order valence-electron chi connectivity index (χ3n) is 6.48. The molecule has 26 heavy (non-hydrogen) atoms. The van der Waals surface area contributed by atoms with E-state index in [9.17, 15) is 4.79 Å². The fourth-order valence-corrected chi connectivity index (χ4v) is 4.78. The zero-order chi connectivity index (χ0) is 17.5. The molecule has 1 aromatic heterocycles. The molecule has 0 unspecified atom stereocenters. The zero-order valence-electron chi connectivity index (χ0n) is 15.5. The third-order valence-corrected chi connectivity index (χ3v) is 6.48. The molecule has 1 saturated heterocycles.